The molecule has 10 heavy (non-hydrogen) atoms. The van der Waals surface area contributed by atoms with Crippen molar-refractivity contribution in [3.05, 3.63) is 12.2 Å². The molecule has 0 bridgehead atoms. The quantitative estimate of drug-likeness (QED) is 0.507. The van der Waals surface area contributed by atoms with E-state index in [0.717, 1.165) is 5.92 Å². The van der Waals surface area contributed by atoms with Crippen LogP contribution in [0.4, 0.5) is 0 Å². The van der Waals surface area contributed by atoms with E-state index in [2.05, 4.69) is 13.0 Å². The molecule has 0 aromatic heterocycles. The molecule has 1 nitrogen and oxygen atoms in total. The van der Waals surface area contributed by atoms with E-state index in [4.69, 9.17) is 5.26 Å². The van der Waals surface area contributed by atoms with Crippen LogP contribution in [0.25, 0.3) is 0 Å². The van der Waals surface area contributed by atoms with Crippen LogP contribution < -0.4 is 0 Å². The Labute approximate surface area is 62.4 Å². The van der Waals surface area contributed by atoms with Gasteiger partial charge >= 0.3 is 0 Å². The summed E-state index contributed by atoms with van der Waals surface area (Å²) in [5, 5.41) is 8.28. The number of nitrogens with zero attached hydrogens (tertiary/aromatic N) is 1. The van der Waals surface area contributed by atoms with Gasteiger partial charge in [-0.15, -0.1) is 0 Å². The molecule has 0 N–H and O–H groups in total. The zero-order chi connectivity index (χ0) is 7.40. The minimum Gasteiger partial charge on any atom is -0.193 e. The van der Waals surface area contributed by atoms with E-state index in [1.54, 1.807) is 6.08 Å². The Kier molecular flexibility index (Phi) is 2.50. The average molecular weight is 135 g/mol. The van der Waals surface area contributed by atoms with Crippen LogP contribution in [0.2, 0.25) is 0 Å². The molecule has 54 valence electrons. The zero-order valence-electron chi connectivity index (χ0n) is 6.38. The van der Waals surface area contributed by atoms with Crippen molar-refractivity contribution in [2.45, 2.75) is 26.2 Å². The second kappa shape index (κ2) is 3.41. The van der Waals surface area contributed by atoms with E-state index in [0.29, 0.717) is 5.92 Å². The summed E-state index contributed by atoms with van der Waals surface area (Å²) in [4.78, 5) is 0. The molecule has 1 saturated carbocycles. The number of hydrogen-bond donors (Lipinski definition) is 0. The van der Waals surface area contributed by atoms with Crippen molar-refractivity contribution in [3.63, 3.8) is 0 Å². The Morgan fingerprint density at radius 2 is 2.30 bits per heavy atom. The fraction of sp³-hybridized carbons (Fsp3) is 0.667. The highest BCUT2D eigenvalue weighted by molar-refractivity contribution is 5.05. The van der Waals surface area contributed by atoms with Gasteiger partial charge in [0, 0.05) is 6.08 Å². The van der Waals surface area contributed by atoms with Crippen molar-refractivity contribution >= 4 is 0 Å². The fourth-order valence-electron chi connectivity index (χ4n) is 1.63. The monoisotopic (exact) mass is 135 g/mol. The summed E-state index contributed by atoms with van der Waals surface area (Å²) in [6.45, 7) is 2.26. The summed E-state index contributed by atoms with van der Waals surface area (Å²) in [5.74, 6) is 1.48. The molecule has 0 aliphatic heterocycles. The van der Waals surface area contributed by atoms with Gasteiger partial charge in [-0.3, -0.25) is 0 Å². The minimum absolute atomic E-state index is 0.680. The van der Waals surface area contributed by atoms with Gasteiger partial charge in [0.05, 0.1) is 6.07 Å². The highest BCUT2D eigenvalue weighted by Gasteiger charge is 2.19. The van der Waals surface area contributed by atoms with Crippen molar-refractivity contribution in [2.75, 3.05) is 0 Å². The van der Waals surface area contributed by atoms with Crippen LogP contribution in [0, 0.1) is 23.2 Å². The van der Waals surface area contributed by atoms with E-state index in [1.165, 1.54) is 19.3 Å². The minimum atomic E-state index is 0.680. The van der Waals surface area contributed by atoms with Crippen LogP contribution in [0.3, 0.4) is 0 Å². The third-order valence-electron chi connectivity index (χ3n) is 2.35. The topological polar surface area (TPSA) is 23.8 Å². The summed E-state index contributed by atoms with van der Waals surface area (Å²) in [5.41, 5.74) is 0. The molecule has 0 aromatic rings. The molecule has 0 saturated heterocycles. The molecular formula is C9H13N. The first-order valence-corrected chi connectivity index (χ1v) is 3.91. The Morgan fingerprint density at radius 3 is 2.80 bits per heavy atom. The van der Waals surface area contributed by atoms with Gasteiger partial charge in [0.25, 0.3) is 0 Å². The fourth-order valence-corrected chi connectivity index (χ4v) is 1.63. The Balaban J connectivity index is 2.42. The first kappa shape index (κ1) is 7.34. The standard InChI is InChI=1S/C9H13N/c1-8-4-2-5-9(8)6-3-7-10/h3,6,8-9H,2,4-5H2,1H3. The van der Waals surface area contributed by atoms with Gasteiger partial charge in [-0.05, 0) is 18.3 Å². The van der Waals surface area contributed by atoms with E-state index in [9.17, 15) is 0 Å². The highest BCUT2D eigenvalue weighted by Crippen LogP contribution is 2.31. The first-order chi connectivity index (χ1) is 4.84. The summed E-state index contributed by atoms with van der Waals surface area (Å²) in [6.07, 6.45) is 7.62. The maximum atomic E-state index is 8.28. The third-order valence-corrected chi connectivity index (χ3v) is 2.35. The van der Waals surface area contributed by atoms with Gasteiger partial charge in [0.15, 0.2) is 0 Å². The van der Waals surface area contributed by atoms with Crippen molar-refractivity contribution in [2.24, 2.45) is 11.8 Å². The second-order valence-corrected chi connectivity index (χ2v) is 3.06. The molecule has 2 atom stereocenters. The normalized spacial score (nSPS) is 32.8. The zero-order valence-corrected chi connectivity index (χ0v) is 6.38. The molecule has 1 fully saturated rings. The predicted octanol–water partition coefficient (Wildman–Crippen LogP) is 2.50. The number of hydrogen-bond acceptors (Lipinski definition) is 1. The summed E-state index contributed by atoms with van der Waals surface area (Å²) in [6, 6.07) is 2.03. The molecule has 1 aliphatic rings. The van der Waals surface area contributed by atoms with Gasteiger partial charge in [-0.1, -0.05) is 25.8 Å². The van der Waals surface area contributed by atoms with Gasteiger partial charge < -0.3 is 0 Å². The second-order valence-electron chi connectivity index (χ2n) is 3.06. The molecule has 0 amide bonds. The van der Waals surface area contributed by atoms with E-state index < -0.39 is 0 Å². The molecule has 0 radical (unpaired) electrons. The van der Waals surface area contributed by atoms with E-state index in [1.807, 2.05) is 6.07 Å². The highest BCUT2D eigenvalue weighted by atomic mass is 14.3. The van der Waals surface area contributed by atoms with Crippen molar-refractivity contribution in [1.29, 1.82) is 5.26 Å². The van der Waals surface area contributed by atoms with Gasteiger partial charge in [-0.25, -0.2) is 0 Å². The summed E-state index contributed by atoms with van der Waals surface area (Å²) >= 11 is 0. The number of nitriles is 1. The Morgan fingerprint density at radius 1 is 1.50 bits per heavy atom. The van der Waals surface area contributed by atoms with Gasteiger partial charge in [-0.2, -0.15) is 5.26 Å². The van der Waals surface area contributed by atoms with Crippen LogP contribution >= 0.6 is 0 Å². The lowest BCUT2D eigenvalue weighted by Gasteiger charge is -2.07. The Bertz CT molecular complexity index is 164. The molecule has 0 spiro atoms. The molecular weight excluding hydrogens is 122 g/mol. The summed E-state index contributed by atoms with van der Waals surface area (Å²) in [7, 11) is 0. The van der Waals surface area contributed by atoms with Crippen LogP contribution in [-0.4, -0.2) is 0 Å². The van der Waals surface area contributed by atoms with Crippen LogP contribution in [0.1, 0.15) is 26.2 Å². The number of allylic oxidation sites excluding steroid dienone is 2. The van der Waals surface area contributed by atoms with Crippen LogP contribution in [0.15, 0.2) is 12.2 Å². The SMILES string of the molecule is CC1CCCC1C=CC#N. The molecule has 0 aromatic carbocycles. The molecule has 1 heteroatoms. The van der Waals surface area contributed by atoms with E-state index in [-0.39, 0.29) is 0 Å². The van der Waals surface area contributed by atoms with Crippen LogP contribution in [0.5, 0.6) is 0 Å². The smallest absolute Gasteiger partial charge is 0.0908 e. The van der Waals surface area contributed by atoms with Gasteiger partial charge in [0.1, 0.15) is 0 Å². The predicted molar refractivity (Wildman–Crippen MR) is 41.3 cm³/mol. The average Bonchev–Trinajstić information content (AvgIpc) is 2.31. The Hall–Kier alpha value is -0.770. The first-order valence-electron chi connectivity index (χ1n) is 3.91. The molecule has 1 aliphatic carbocycles. The summed E-state index contributed by atoms with van der Waals surface area (Å²) < 4.78 is 0. The van der Waals surface area contributed by atoms with Crippen molar-refractivity contribution < 1.29 is 0 Å². The number of rotatable bonds is 1. The maximum Gasteiger partial charge on any atom is 0.0908 e. The lowest BCUT2D eigenvalue weighted by Crippen LogP contribution is -1.98. The molecule has 0 heterocycles. The van der Waals surface area contributed by atoms with Crippen LogP contribution in [-0.2, 0) is 0 Å². The third kappa shape index (κ3) is 1.60. The lowest BCUT2D eigenvalue weighted by atomic mass is 9.98. The van der Waals surface area contributed by atoms with Gasteiger partial charge in [0.2, 0.25) is 0 Å². The maximum absolute atomic E-state index is 8.28. The molecule has 1 rings (SSSR count). The lowest BCUT2D eigenvalue weighted by molar-refractivity contribution is 0.504. The van der Waals surface area contributed by atoms with Crippen molar-refractivity contribution in [1.82, 2.24) is 0 Å². The van der Waals surface area contributed by atoms with E-state index >= 15 is 0 Å². The molecule has 2 unspecified atom stereocenters. The largest absolute Gasteiger partial charge is 0.193 e. The van der Waals surface area contributed by atoms with Crippen molar-refractivity contribution in [3.8, 4) is 6.07 Å².